The number of aliphatic hydroxyl groups excluding tert-OH is 1. The van der Waals surface area contributed by atoms with Gasteiger partial charge in [-0.15, -0.1) is 0 Å². The van der Waals surface area contributed by atoms with Crippen LogP contribution in [0.1, 0.15) is 24.4 Å². The Morgan fingerprint density at radius 2 is 2.35 bits per heavy atom. The number of rotatable bonds is 5. The van der Waals surface area contributed by atoms with Crippen molar-refractivity contribution in [3.63, 3.8) is 0 Å². The molecule has 17 heavy (non-hydrogen) atoms. The monoisotopic (exact) mass is 236 g/mol. The molecule has 0 saturated heterocycles. The summed E-state index contributed by atoms with van der Waals surface area (Å²) in [6, 6.07) is 5.79. The van der Waals surface area contributed by atoms with Crippen LogP contribution in [0.3, 0.4) is 0 Å². The lowest BCUT2D eigenvalue weighted by molar-refractivity contribution is 0.276. The second-order valence-corrected chi connectivity index (χ2v) is 3.98. The maximum Gasteiger partial charge on any atom is 0.417 e. The Bertz CT molecular complexity index is 544. The summed E-state index contributed by atoms with van der Waals surface area (Å²) in [7, 11) is 1.87. The summed E-state index contributed by atoms with van der Waals surface area (Å²) in [6.45, 7) is 0.180. The molecule has 0 aliphatic carbocycles. The zero-order chi connectivity index (χ0) is 12.3. The number of aliphatic hydroxyl groups is 1. The van der Waals surface area contributed by atoms with E-state index in [9.17, 15) is 4.79 Å². The number of fused-ring (bicyclic) bond motifs is 1. The molecular formula is C12H16N2O3. The minimum atomic E-state index is -0.437. The number of nitrogens with one attached hydrogen (secondary N) is 2. The van der Waals surface area contributed by atoms with Crippen molar-refractivity contribution in [1.82, 2.24) is 10.3 Å². The molecule has 0 spiro atoms. The summed E-state index contributed by atoms with van der Waals surface area (Å²) >= 11 is 0. The number of benzene rings is 1. The molecule has 1 atom stereocenters. The van der Waals surface area contributed by atoms with Gasteiger partial charge in [-0.3, -0.25) is 4.98 Å². The summed E-state index contributed by atoms with van der Waals surface area (Å²) in [5.41, 5.74) is 2.32. The summed E-state index contributed by atoms with van der Waals surface area (Å²) in [4.78, 5) is 13.6. The van der Waals surface area contributed by atoms with Crippen LogP contribution in [0.5, 0.6) is 0 Å². The van der Waals surface area contributed by atoms with E-state index in [1.807, 2.05) is 25.2 Å². The summed E-state index contributed by atoms with van der Waals surface area (Å²) in [6.07, 6.45) is 1.58. The van der Waals surface area contributed by atoms with Crippen molar-refractivity contribution < 1.29 is 9.52 Å². The van der Waals surface area contributed by atoms with E-state index in [0.29, 0.717) is 11.1 Å². The van der Waals surface area contributed by atoms with Gasteiger partial charge in [0.15, 0.2) is 5.58 Å². The largest absolute Gasteiger partial charge is 0.417 e. The first-order valence-corrected chi connectivity index (χ1v) is 5.65. The number of aromatic nitrogens is 1. The molecule has 0 saturated carbocycles. The molecule has 3 N–H and O–H groups in total. The van der Waals surface area contributed by atoms with Crippen LogP contribution in [0.25, 0.3) is 11.1 Å². The van der Waals surface area contributed by atoms with Gasteiger partial charge in [0, 0.05) is 12.6 Å². The minimum absolute atomic E-state index is 0.159. The number of aromatic amines is 1. The normalized spacial score (nSPS) is 13.1. The second kappa shape index (κ2) is 5.16. The highest BCUT2D eigenvalue weighted by Gasteiger charge is 2.10. The van der Waals surface area contributed by atoms with E-state index in [1.54, 1.807) is 0 Å². The molecule has 0 radical (unpaired) electrons. The topological polar surface area (TPSA) is 78.3 Å². The van der Waals surface area contributed by atoms with E-state index in [2.05, 4.69) is 10.3 Å². The highest BCUT2D eigenvalue weighted by molar-refractivity contribution is 5.72. The molecule has 2 aromatic rings. The molecule has 0 aliphatic heterocycles. The first kappa shape index (κ1) is 11.9. The van der Waals surface area contributed by atoms with Crippen LogP contribution >= 0.6 is 0 Å². The Morgan fingerprint density at radius 3 is 3.06 bits per heavy atom. The van der Waals surface area contributed by atoms with Crippen molar-refractivity contribution in [3.8, 4) is 0 Å². The average Bonchev–Trinajstić information content (AvgIpc) is 2.69. The fourth-order valence-electron chi connectivity index (χ4n) is 1.95. The smallest absolute Gasteiger partial charge is 0.408 e. The summed E-state index contributed by atoms with van der Waals surface area (Å²) in [5.74, 6) is -0.437. The highest BCUT2D eigenvalue weighted by atomic mass is 16.4. The highest BCUT2D eigenvalue weighted by Crippen LogP contribution is 2.21. The van der Waals surface area contributed by atoms with Gasteiger partial charge in [0.1, 0.15) is 0 Å². The third kappa shape index (κ3) is 2.57. The molecular weight excluding hydrogens is 220 g/mol. The molecule has 0 bridgehead atoms. The van der Waals surface area contributed by atoms with Crippen molar-refractivity contribution in [2.75, 3.05) is 13.7 Å². The van der Waals surface area contributed by atoms with Crippen molar-refractivity contribution >= 4 is 11.1 Å². The molecule has 1 aromatic carbocycles. The Morgan fingerprint density at radius 1 is 1.53 bits per heavy atom. The Hall–Kier alpha value is -1.59. The number of hydrogen-bond acceptors (Lipinski definition) is 4. The molecule has 92 valence electrons. The average molecular weight is 236 g/mol. The van der Waals surface area contributed by atoms with Gasteiger partial charge in [0.05, 0.1) is 5.52 Å². The number of H-pyrrole nitrogens is 1. The number of hydrogen-bond donors (Lipinski definition) is 3. The Labute approximate surface area is 98.5 Å². The molecule has 0 fully saturated rings. The van der Waals surface area contributed by atoms with E-state index >= 15 is 0 Å². The van der Waals surface area contributed by atoms with Gasteiger partial charge in [0.25, 0.3) is 0 Å². The van der Waals surface area contributed by atoms with Gasteiger partial charge in [-0.2, -0.15) is 0 Å². The molecule has 0 aliphatic rings. The van der Waals surface area contributed by atoms with Crippen LogP contribution in [-0.2, 0) is 0 Å². The van der Waals surface area contributed by atoms with Crippen LogP contribution in [0, 0.1) is 0 Å². The molecule has 1 aromatic heterocycles. The first-order valence-electron chi connectivity index (χ1n) is 5.65. The molecule has 5 nitrogen and oxygen atoms in total. The van der Waals surface area contributed by atoms with Crippen LogP contribution in [0.4, 0.5) is 0 Å². The van der Waals surface area contributed by atoms with E-state index in [-0.39, 0.29) is 12.6 Å². The molecule has 5 heteroatoms. The lowest BCUT2D eigenvalue weighted by Gasteiger charge is -2.15. The SMILES string of the molecule is CNC(CCCO)c1ccc2[nH]c(=O)oc2c1. The van der Waals surface area contributed by atoms with Gasteiger partial charge < -0.3 is 14.8 Å². The van der Waals surface area contributed by atoms with E-state index in [4.69, 9.17) is 9.52 Å². The van der Waals surface area contributed by atoms with Crippen LogP contribution in [0.15, 0.2) is 27.4 Å². The maximum atomic E-state index is 11.0. The number of oxazole rings is 1. The van der Waals surface area contributed by atoms with Crippen LogP contribution in [-0.4, -0.2) is 23.7 Å². The quantitative estimate of drug-likeness (QED) is 0.727. The fourth-order valence-corrected chi connectivity index (χ4v) is 1.95. The standard InChI is InChI=1S/C12H16N2O3/c1-13-9(3-2-6-15)8-4-5-10-11(7-8)17-12(16)14-10/h4-5,7,9,13,15H,2-3,6H2,1H3,(H,14,16). The van der Waals surface area contributed by atoms with Gasteiger partial charge >= 0.3 is 5.76 Å². The van der Waals surface area contributed by atoms with Gasteiger partial charge in [-0.25, -0.2) is 4.79 Å². The van der Waals surface area contributed by atoms with Gasteiger partial charge in [0.2, 0.25) is 0 Å². The van der Waals surface area contributed by atoms with Crippen molar-refractivity contribution in [3.05, 3.63) is 34.3 Å². The molecule has 0 amide bonds. The minimum Gasteiger partial charge on any atom is -0.408 e. The Balaban J connectivity index is 2.30. The zero-order valence-corrected chi connectivity index (χ0v) is 9.69. The van der Waals surface area contributed by atoms with E-state index in [0.717, 1.165) is 18.4 Å². The van der Waals surface area contributed by atoms with E-state index < -0.39 is 5.76 Å². The predicted octanol–water partition coefficient (Wildman–Crippen LogP) is 1.15. The van der Waals surface area contributed by atoms with Crippen molar-refractivity contribution in [2.45, 2.75) is 18.9 Å². The molecule has 2 rings (SSSR count). The maximum absolute atomic E-state index is 11.0. The third-order valence-corrected chi connectivity index (χ3v) is 2.85. The lowest BCUT2D eigenvalue weighted by Crippen LogP contribution is -2.16. The summed E-state index contributed by atoms with van der Waals surface area (Å²) < 4.78 is 5.02. The first-order chi connectivity index (χ1) is 8.24. The van der Waals surface area contributed by atoms with Crippen molar-refractivity contribution in [1.29, 1.82) is 0 Å². The lowest BCUT2D eigenvalue weighted by atomic mass is 10.0. The zero-order valence-electron chi connectivity index (χ0n) is 9.69. The molecule has 1 heterocycles. The predicted molar refractivity (Wildman–Crippen MR) is 65.0 cm³/mol. The fraction of sp³-hybridized carbons (Fsp3) is 0.417. The third-order valence-electron chi connectivity index (χ3n) is 2.85. The second-order valence-electron chi connectivity index (χ2n) is 3.98. The van der Waals surface area contributed by atoms with Crippen molar-refractivity contribution in [2.24, 2.45) is 0 Å². The van der Waals surface area contributed by atoms with E-state index in [1.165, 1.54) is 0 Å². The van der Waals surface area contributed by atoms with Crippen LogP contribution < -0.4 is 11.1 Å². The van der Waals surface area contributed by atoms with Gasteiger partial charge in [-0.05, 0) is 37.6 Å². The van der Waals surface area contributed by atoms with Crippen LogP contribution in [0.2, 0.25) is 0 Å². The van der Waals surface area contributed by atoms with Gasteiger partial charge in [-0.1, -0.05) is 6.07 Å². The molecule has 1 unspecified atom stereocenters. The summed E-state index contributed by atoms with van der Waals surface area (Å²) in [5, 5.41) is 12.0. The Kier molecular flexibility index (Phi) is 3.61.